The van der Waals surface area contributed by atoms with Gasteiger partial charge in [0.15, 0.2) is 0 Å². The number of aryl methyl sites for hydroxylation is 1. The second-order valence-corrected chi connectivity index (χ2v) is 4.58. The Balaban J connectivity index is 2.16. The molecule has 0 saturated heterocycles. The number of carbonyl (C=O) groups excluding carboxylic acids is 1. The number of nitrogens with zero attached hydrogens (tertiary/aromatic N) is 3. The predicted molar refractivity (Wildman–Crippen MR) is 80.5 cm³/mol. The molecule has 2 aromatic rings. The molecule has 1 unspecified atom stereocenters. The van der Waals surface area contributed by atoms with E-state index in [-0.39, 0.29) is 5.91 Å². The van der Waals surface area contributed by atoms with Crippen molar-refractivity contribution in [2.75, 3.05) is 11.9 Å². The molecule has 1 aromatic carbocycles. The molecule has 0 fully saturated rings. The van der Waals surface area contributed by atoms with Crippen LogP contribution >= 0.6 is 0 Å². The maximum absolute atomic E-state index is 12.2. The van der Waals surface area contributed by atoms with Crippen LogP contribution < -0.4 is 11.1 Å². The van der Waals surface area contributed by atoms with Crippen molar-refractivity contribution in [3.8, 4) is 11.8 Å². The Bertz CT molecular complexity index is 682. The van der Waals surface area contributed by atoms with Crippen LogP contribution in [0.15, 0.2) is 30.9 Å². The van der Waals surface area contributed by atoms with E-state index in [1.165, 1.54) is 17.3 Å². The Morgan fingerprint density at radius 3 is 3.00 bits per heavy atom. The fourth-order valence-electron chi connectivity index (χ4n) is 1.76. The summed E-state index contributed by atoms with van der Waals surface area (Å²) in [5.74, 6) is 5.58. The number of rotatable bonds is 3. The van der Waals surface area contributed by atoms with E-state index in [1.807, 2.05) is 25.1 Å². The number of hydrogen-bond donors (Lipinski definition) is 2. The van der Waals surface area contributed by atoms with Gasteiger partial charge < -0.3 is 11.1 Å². The van der Waals surface area contributed by atoms with E-state index in [2.05, 4.69) is 27.2 Å². The number of anilines is 1. The zero-order valence-electron chi connectivity index (χ0n) is 12.0. The van der Waals surface area contributed by atoms with Gasteiger partial charge in [0.25, 0.3) is 0 Å². The summed E-state index contributed by atoms with van der Waals surface area (Å²) in [6.45, 7) is 3.99. The first-order valence-electron chi connectivity index (χ1n) is 6.56. The van der Waals surface area contributed by atoms with Crippen LogP contribution in [0.25, 0.3) is 0 Å². The van der Waals surface area contributed by atoms with E-state index in [1.54, 1.807) is 6.92 Å². The predicted octanol–water partition coefficient (Wildman–Crippen LogP) is 1.10. The average molecular weight is 283 g/mol. The van der Waals surface area contributed by atoms with E-state index in [0.29, 0.717) is 6.54 Å². The maximum atomic E-state index is 12.2. The highest BCUT2D eigenvalue weighted by Gasteiger charge is 2.16. The molecule has 0 radical (unpaired) electrons. The second kappa shape index (κ2) is 6.68. The summed E-state index contributed by atoms with van der Waals surface area (Å²) in [4.78, 5) is 16.1. The first kappa shape index (κ1) is 14.8. The van der Waals surface area contributed by atoms with Crippen LogP contribution in [-0.4, -0.2) is 27.2 Å². The van der Waals surface area contributed by atoms with Gasteiger partial charge in [-0.25, -0.2) is 9.67 Å². The lowest BCUT2D eigenvalue weighted by atomic mass is 10.1. The van der Waals surface area contributed by atoms with Crippen LogP contribution in [0.2, 0.25) is 0 Å². The van der Waals surface area contributed by atoms with Gasteiger partial charge in [-0.2, -0.15) is 5.10 Å². The number of benzene rings is 1. The molecule has 0 aliphatic heterocycles. The van der Waals surface area contributed by atoms with Gasteiger partial charge in [-0.1, -0.05) is 17.9 Å². The molecule has 6 heteroatoms. The van der Waals surface area contributed by atoms with Crippen molar-refractivity contribution < 1.29 is 4.79 Å². The molecule has 0 saturated carbocycles. The molecule has 2 rings (SSSR count). The summed E-state index contributed by atoms with van der Waals surface area (Å²) in [5, 5.41) is 6.86. The van der Waals surface area contributed by atoms with E-state index in [9.17, 15) is 4.79 Å². The van der Waals surface area contributed by atoms with Gasteiger partial charge in [-0.3, -0.25) is 4.79 Å². The highest BCUT2D eigenvalue weighted by molar-refractivity contribution is 5.94. The summed E-state index contributed by atoms with van der Waals surface area (Å²) in [5.41, 5.74) is 7.87. The first-order valence-corrected chi connectivity index (χ1v) is 6.56. The molecule has 6 nitrogen and oxygen atoms in total. The number of nitrogens with one attached hydrogen (secondary N) is 1. The highest BCUT2D eigenvalue weighted by Crippen LogP contribution is 2.18. The zero-order chi connectivity index (χ0) is 15.2. The summed E-state index contributed by atoms with van der Waals surface area (Å²) >= 11 is 0. The van der Waals surface area contributed by atoms with Crippen molar-refractivity contribution in [1.82, 2.24) is 14.8 Å². The fourth-order valence-corrected chi connectivity index (χ4v) is 1.76. The smallest absolute Gasteiger partial charge is 0.249 e. The maximum Gasteiger partial charge on any atom is 0.249 e. The van der Waals surface area contributed by atoms with Crippen molar-refractivity contribution in [3.05, 3.63) is 42.0 Å². The van der Waals surface area contributed by atoms with Crippen LogP contribution in [-0.2, 0) is 4.79 Å². The van der Waals surface area contributed by atoms with Crippen LogP contribution in [0.1, 0.15) is 24.1 Å². The van der Waals surface area contributed by atoms with Gasteiger partial charge in [0, 0.05) is 11.3 Å². The third-order valence-electron chi connectivity index (χ3n) is 3.04. The van der Waals surface area contributed by atoms with Crippen LogP contribution in [0.4, 0.5) is 5.69 Å². The number of amides is 1. The van der Waals surface area contributed by atoms with Gasteiger partial charge in [0.05, 0.1) is 6.54 Å². The number of hydrogen-bond acceptors (Lipinski definition) is 4. The van der Waals surface area contributed by atoms with Crippen molar-refractivity contribution in [1.29, 1.82) is 0 Å². The van der Waals surface area contributed by atoms with Crippen LogP contribution in [0.5, 0.6) is 0 Å². The molecule has 21 heavy (non-hydrogen) atoms. The molecule has 0 bridgehead atoms. The minimum absolute atomic E-state index is 0.160. The lowest BCUT2D eigenvalue weighted by Gasteiger charge is -2.14. The molecule has 108 valence electrons. The third-order valence-corrected chi connectivity index (χ3v) is 3.04. The monoisotopic (exact) mass is 283 g/mol. The van der Waals surface area contributed by atoms with Crippen LogP contribution in [0, 0.1) is 18.8 Å². The minimum atomic E-state index is -0.439. The van der Waals surface area contributed by atoms with Gasteiger partial charge in [-0.05, 0) is 31.5 Å². The van der Waals surface area contributed by atoms with Crippen molar-refractivity contribution in [3.63, 3.8) is 0 Å². The Hall–Kier alpha value is -2.65. The van der Waals surface area contributed by atoms with Gasteiger partial charge in [0.1, 0.15) is 18.7 Å². The first-order chi connectivity index (χ1) is 10.1. The number of carbonyl (C=O) groups is 1. The van der Waals surface area contributed by atoms with Crippen molar-refractivity contribution >= 4 is 11.6 Å². The van der Waals surface area contributed by atoms with E-state index in [0.717, 1.165) is 16.8 Å². The molecule has 1 atom stereocenters. The molecular weight excluding hydrogens is 266 g/mol. The molecule has 0 aliphatic carbocycles. The summed E-state index contributed by atoms with van der Waals surface area (Å²) < 4.78 is 1.50. The number of nitrogens with two attached hydrogens (primary N) is 1. The Morgan fingerprint density at radius 1 is 1.52 bits per heavy atom. The van der Waals surface area contributed by atoms with Gasteiger partial charge >= 0.3 is 0 Å². The number of aromatic nitrogens is 3. The molecule has 1 aromatic heterocycles. The zero-order valence-corrected chi connectivity index (χ0v) is 12.0. The molecule has 0 spiro atoms. The molecular formula is C15H17N5O. The molecule has 1 heterocycles. The van der Waals surface area contributed by atoms with Crippen molar-refractivity contribution in [2.24, 2.45) is 5.73 Å². The lowest BCUT2D eigenvalue weighted by molar-refractivity contribution is -0.119. The SMILES string of the molecule is Cc1ccc(C#CCN)cc1NC(=O)C(C)n1cncn1. The highest BCUT2D eigenvalue weighted by atomic mass is 16.2. The second-order valence-electron chi connectivity index (χ2n) is 4.58. The van der Waals surface area contributed by atoms with E-state index < -0.39 is 6.04 Å². The summed E-state index contributed by atoms with van der Waals surface area (Å²) in [7, 11) is 0. The summed E-state index contributed by atoms with van der Waals surface area (Å²) in [6.07, 6.45) is 2.91. The lowest BCUT2D eigenvalue weighted by Crippen LogP contribution is -2.24. The molecule has 1 amide bonds. The van der Waals surface area contributed by atoms with Crippen molar-refractivity contribution in [2.45, 2.75) is 19.9 Å². The standard InChI is InChI=1S/C15H17N5O/c1-11-5-6-13(4-3-7-16)8-14(11)19-15(21)12(2)20-10-17-9-18-20/h5-6,8-10,12H,7,16H2,1-2H3,(H,19,21). The fraction of sp³-hybridized carbons (Fsp3) is 0.267. The third kappa shape index (κ3) is 3.68. The Kier molecular flexibility index (Phi) is 4.69. The van der Waals surface area contributed by atoms with Gasteiger partial charge in [-0.15, -0.1) is 0 Å². The molecule has 0 aliphatic rings. The molecule has 3 N–H and O–H groups in total. The largest absolute Gasteiger partial charge is 0.324 e. The minimum Gasteiger partial charge on any atom is -0.324 e. The topological polar surface area (TPSA) is 85.8 Å². The summed E-state index contributed by atoms with van der Waals surface area (Å²) in [6, 6.07) is 5.21. The van der Waals surface area contributed by atoms with E-state index in [4.69, 9.17) is 5.73 Å². The van der Waals surface area contributed by atoms with E-state index >= 15 is 0 Å². The Labute approximate surface area is 123 Å². The quantitative estimate of drug-likeness (QED) is 0.826. The van der Waals surface area contributed by atoms with Crippen LogP contribution in [0.3, 0.4) is 0 Å². The Morgan fingerprint density at radius 2 is 2.33 bits per heavy atom. The average Bonchev–Trinajstić information content (AvgIpc) is 3.01. The van der Waals surface area contributed by atoms with Gasteiger partial charge in [0.2, 0.25) is 5.91 Å². The normalized spacial score (nSPS) is 11.4.